The van der Waals surface area contributed by atoms with E-state index in [1.165, 1.54) is 5.69 Å². The highest BCUT2D eigenvalue weighted by Crippen LogP contribution is 2.24. The third kappa shape index (κ3) is 3.84. The largest absolute Gasteiger partial charge is 0.373 e. The molecular weight excluding hydrogens is 240 g/mol. The van der Waals surface area contributed by atoms with Crippen LogP contribution in [0.1, 0.15) is 19.8 Å². The molecule has 1 fully saturated rings. The molecule has 1 aromatic heterocycles. The van der Waals surface area contributed by atoms with Gasteiger partial charge in [0.05, 0.1) is 0 Å². The third-order valence-electron chi connectivity index (χ3n) is 3.62. The molecule has 0 aromatic carbocycles. The van der Waals surface area contributed by atoms with E-state index in [0.29, 0.717) is 5.92 Å². The number of nitrogens with zero attached hydrogens (tertiary/aromatic N) is 2. The number of piperidine rings is 1. The second-order valence-electron chi connectivity index (χ2n) is 5.02. The summed E-state index contributed by atoms with van der Waals surface area (Å²) in [6, 6.07) is 4.13. The number of amides is 1. The molecule has 2 N–H and O–H groups in total. The van der Waals surface area contributed by atoms with Crippen LogP contribution in [0.2, 0.25) is 0 Å². The maximum Gasteiger partial charge on any atom is 0.216 e. The van der Waals surface area contributed by atoms with Crippen LogP contribution < -0.4 is 15.5 Å². The van der Waals surface area contributed by atoms with E-state index >= 15 is 0 Å². The van der Waals surface area contributed by atoms with Gasteiger partial charge in [-0.3, -0.25) is 4.79 Å². The summed E-state index contributed by atoms with van der Waals surface area (Å²) >= 11 is 0. The number of pyridine rings is 1. The monoisotopic (exact) mass is 262 g/mol. The second kappa shape index (κ2) is 6.41. The van der Waals surface area contributed by atoms with E-state index in [9.17, 15) is 4.79 Å². The first-order valence-electron chi connectivity index (χ1n) is 6.82. The van der Waals surface area contributed by atoms with Crippen molar-refractivity contribution in [3.63, 3.8) is 0 Å². The fraction of sp³-hybridized carbons (Fsp3) is 0.571. The topological polar surface area (TPSA) is 57.3 Å². The van der Waals surface area contributed by atoms with Gasteiger partial charge in [0.25, 0.3) is 0 Å². The fourth-order valence-corrected chi connectivity index (χ4v) is 2.44. The van der Waals surface area contributed by atoms with Gasteiger partial charge in [0.2, 0.25) is 5.91 Å². The molecule has 0 aliphatic carbocycles. The molecule has 1 saturated heterocycles. The molecule has 19 heavy (non-hydrogen) atoms. The van der Waals surface area contributed by atoms with Crippen LogP contribution in [0.3, 0.4) is 0 Å². The molecular formula is C14H22N4O. The highest BCUT2D eigenvalue weighted by atomic mass is 16.1. The van der Waals surface area contributed by atoms with E-state index in [-0.39, 0.29) is 5.91 Å². The van der Waals surface area contributed by atoms with Gasteiger partial charge in [0, 0.05) is 51.6 Å². The number of carbonyl (C=O) groups excluding carboxylic acids is 1. The normalized spacial score (nSPS) is 16.2. The highest BCUT2D eigenvalue weighted by Gasteiger charge is 2.19. The average molecular weight is 262 g/mol. The molecule has 1 aromatic rings. The van der Waals surface area contributed by atoms with Gasteiger partial charge < -0.3 is 15.5 Å². The van der Waals surface area contributed by atoms with Crippen LogP contribution in [-0.4, -0.2) is 37.6 Å². The van der Waals surface area contributed by atoms with Gasteiger partial charge in [0.1, 0.15) is 5.82 Å². The van der Waals surface area contributed by atoms with E-state index < -0.39 is 0 Å². The summed E-state index contributed by atoms with van der Waals surface area (Å²) in [6.07, 6.45) is 4.08. The molecule has 0 saturated carbocycles. The van der Waals surface area contributed by atoms with Crippen molar-refractivity contribution < 1.29 is 4.79 Å². The summed E-state index contributed by atoms with van der Waals surface area (Å²) in [5, 5.41) is 5.97. The average Bonchev–Trinajstić information content (AvgIpc) is 2.45. The third-order valence-corrected chi connectivity index (χ3v) is 3.62. The highest BCUT2D eigenvalue weighted by molar-refractivity contribution is 5.72. The van der Waals surface area contributed by atoms with Crippen LogP contribution in [0.25, 0.3) is 0 Å². The van der Waals surface area contributed by atoms with Crippen LogP contribution in [0.5, 0.6) is 0 Å². The Balaban J connectivity index is 1.87. The van der Waals surface area contributed by atoms with Crippen LogP contribution in [-0.2, 0) is 4.79 Å². The number of hydrogen-bond donors (Lipinski definition) is 2. The number of rotatable bonds is 4. The summed E-state index contributed by atoms with van der Waals surface area (Å²) in [6.45, 7) is 4.46. The minimum Gasteiger partial charge on any atom is -0.373 e. The molecule has 0 radical (unpaired) electrons. The van der Waals surface area contributed by atoms with Gasteiger partial charge in [0.15, 0.2) is 0 Å². The lowest BCUT2D eigenvalue weighted by atomic mass is 9.96. The molecule has 2 heterocycles. The predicted molar refractivity (Wildman–Crippen MR) is 77.4 cm³/mol. The van der Waals surface area contributed by atoms with Crippen molar-refractivity contribution in [2.45, 2.75) is 19.8 Å². The van der Waals surface area contributed by atoms with Crippen molar-refractivity contribution in [2.24, 2.45) is 5.92 Å². The zero-order chi connectivity index (χ0) is 13.7. The van der Waals surface area contributed by atoms with Crippen LogP contribution in [0.4, 0.5) is 11.5 Å². The number of hydrogen-bond acceptors (Lipinski definition) is 4. The van der Waals surface area contributed by atoms with Gasteiger partial charge in [-0.05, 0) is 24.8 Å². The zero-order valence-electron chi connectivity index (χ0n) is 11.6. The van der Waals surface area contributed by atoms with Gasteiger partial charge >= 0.3 is 0 Å². The number of carbonyl (C=O) groups is 1. The second-order valence-corrected chi connectivity index (χ2v) is 5.02. The van der Waals surface area contributed by atoms with E-state index in [1.807, 2.05) is 13.2 Å². The molecule has 1 aliphatic rings. The molecule has 1 aliphatic heterocycles. The Morgan fingerprint density at radius 3 is 2.84 bits per heavy atom. The van der Waals surface area contributed by atoms with Crippen molar-refractivity contribution in [1.29, 1.82) is 0 Å². The summed E-state index contributed by atoms with van der Waals surface area (Å²) in [4.78, 5) is 17.5. The van der Waals surface area contributed by atoms with Crippen LogP contribution in [0.15, 0.2) is 18.3 Å². The van der Waals surface area contributed by atoms with Crippen molar-refractivity contribution in [1.82, 2.24) is 10.3 Å². The predicted octanol–water partition coefficient (Wildman–Crippen LogP) is 1.48. The number of aromatic nitrogens is 1. The number of anilines is 2. The van der Waals surface area contributed by atoms with E-state index in [2.05, 4.69) is 32.7 Å². The van der Waals surface area contributed by atoms with Gasteiger partial charge in [-0.25, -0.2) is 4.98 Å². The van der Waals surface area contributed by atoms with E-state index in [0.717, 1.165) is 38.3 Å². The van der Waals surface area contributed by atoms with Gasteiger partial charge in [-0.15, -0.1) is 0 Å². The maximum absolute atomic E-state index is 10.9. The molecule has 1 amide bonds. The van der Waals surface area contributed by atoms with Crippen LogP contribution >= 0.6 is 0 Å². The SMILES string of the molecule is CNc1cc(N2CCC(CNC(C)=O)CC2)ccn1. The summed E-state index contributed by atoms with van der Waals surface area (Å²) in [7, 11) is 1.88. The zero-order valence-corrected chi connectivity index (χ0v) is 11.6. The minimum absolute atomic E-state index is 0.0650. The Bertz CT molecular complexity index is 427. The molecule has 0 spiro atoms. The van der Waals surface area contributed by atoms with E-state index in [1.54, 1.807) is 6.92 Å². The first-order valence-corrected chi connectivity index (χ1v) is 6.82. The number of nitrogens with one attached hydrogen (secondary N) is 2. The smallest absolute Gasteiger partial charge is 0.216 e. The molecule has 0 bridgehead atoms. The lowest BCUT2D eigenvalue weighted by Crippen LogP contribution is -2.38. The Morgan fingerprint density at radius 1 is 1.47 bits per heavy atom. The van der Waals surface area contributed by atoms with Crippen molar-refractivity contribution >= 4 is 17.4 Å². The van der Waals surface area contributed by atoms with Crippen LogP contribution in [0, 0.1) is 5.92 Å². The maximum atomic E-state index is 10.9. The Kier molecular flexibility index (Phi) is 4.60. The molecule has 0 unspecified atom stereocenters. The molecule has 104 valence electrons. The molecule has 5 heteroatoms. The lowest BCUT2D eigenvalue weighted by Gasteiger charge is -2.33. The van der Waals surface area contributed by atoms with E-state index in [4.69, 9.17) is 0 Å². The first-order chi connectivity index (χ1) is 9.19. The Morgan fingerprint density at radius 2 is 2.21 bits per heavy atom. The quantitative estimate of drug-likeness (QED) is 0.863. The van der Waals surface area contributed by atoms with Gasteiger partial charge in [-0.2, -0.15) is 0 Å². The van der Waals surface area contributed by atoms with Gasteiger partial charge in [-0.1, -0.05) is 0 Å². The van der Waals surface area contributed by atoms with Crippen molar-refractivity contribution in [3.05, 3.63) is 18.3 Å². The molecule has 5 nitrogen and oxygen atoms in total. The summed E-state index contributed by atoms with van der Waals surface area (Å²) in [5.74, 6) is 1.57. The Labute approximate surface area is 114 Å². The molecule has 0 atom stereocenters. The summed E-state index contributed by atoms with van der Waals surface area (Å²) < 4.78 is 0. The standard InChI is InChI=1S/C14H22N4O/c1-11(19)17-10-12-4-7-18(8-5-12)13-3-6-16-14(9-13)15-2/h3,6,9,12H,4-5,7-8,10H2,1-2H3,(H,15,16)(H,17,19). The minimum atomic E-state index is 0.0650. The first kappa shape index (κ1) is 13.6. The van der Waals surface area contributed by atoms with Crippen molar-refractivity contribution in [3.8, 4) is 0 Å². The fourth-order valence-electron chi connectivity index (χ4n) is 2.44. The lowest BCUT2D eigenvalue weighted by molar-refractivity contribution is -0.119. The Hall–Kier alpha value is -1.78. The molecule has 2 rings (SSSR count). The summed E-state index contributed by atoms with van der Waals surface area (Å²) in [5.41, 5.74) is 1.22. The van der Waals surface area contributed by atoms with Crippen molar-refractivity contribution in [2.75, 3.05) is 36.9 Å².